The van der Waals surface area contributed by atoms with Crippen LogP contribution in [0.1, 0.15) is 12.0 Å². The molecule has 1 aliphatic rings. The molecular weight excluding hydrogens is 229 g/mol. The molecule has 0 aliphatic carbocycles. The first-order valence-corrected chi connectivity index (χ1v) is 6.08. The zero-order chi connectivity index (χ0) is 13.0. The van der Waals surface area contributed by atoms with Gasteiger partial charge in [0.15, 0.2) is 0 Å². The minimum Gasteiger partial charge on any atom is -0.366 e. The topological polar surface area (TPSA) is 41.6 Å². The summed E-state index contributed by atoms with van der Waals surface area (Å²) in [4.78, 5) is 6.55. The summed E-state index contributed by atoms with van der Waals surface area (Å²) in [5.74, 6) is 0. The molecule has 2 N–H and O–H groups in total. The van der Waals surface area contributed by atoms with Crippen LogP contribution in [0.4, 0.5) is 10.1 Å². The number of nitrogens with two attached hydrogens (primary N) is 1. The van der Waals surface area contributed by atoms with Crippen LogP contribution in [-0.4, -0.2) is 30.2 Å². The van der Waals surface area contributed by atoms with Crippen molar-refractivity contribution in [1.82, 2.24) is 4.90 Å². The molecule has 1 atom stereocenters. The number of hydrogen-bond acceptors (Lipinski definition) is 3. The molecule has 1 aliphatic heterocycles. The molecule has 0 aromatic heterocycles. The summed E-state index contributed by atoms with van der Waals surface area (Å²) in [5, 5.41) is 0. The van der Waals surface area contributed by atoms with E-state index in [2.05, 4.69) is 16.5 Å². The molecule has 2 rings (SSSR count). The molecule has 1 unspecified atom stereocenters. The Morgan fingerprint density at radius 3 is 2.72 bits per heavy atom. The number of rotatable bonds is 5. The highest BCUT2D eigenvalue weighted by molar-refractivity contribution is 5.70. The van der Waals surface area contributed by atoms with Gasteiger partial charge in [0, 0.05) is 25.0 Å². The van der Waals surface area contributed by atoms with E-state index in [-0.39, 0.29) is 0 Å². The molecule has 1 aromatic carbocycles. The van der Waals surface area contributed by atoms with Crippen LogP contribution >= 0.6 is 0 Å². The molecule has 0 amide bonds. The highest BCUT2D eigenvalue weighted by atomic mass is 19.1. The highest BCUT2D eigenvalue weighted by Crippen LogP contribution is 2.21. The number of aliphatic imine (C=N–C) groups is 1. The van der Waals surface area contributed by atoms with Gasteiger partial charge in [0.25, 0.3) is 0 Å². The van der Waals surface area contributed by atoms with Crippen molar-refractivity contribution in [2.24, 2.45) is 10.7 Å². The normalized spacial score (nSPS) is 19.0. The Morgan fingerprint density at radius 1 is 1.50 bits per heavy atom. The standard InChI is InChI=1S/C14H18FN3/c1-11(9-16)18-7-6-14(18)10-17-13-4-2-12(8-15)3-5-13/h2-5,10,14H,1,6-9,16H2/b17-10+. The third-order valence-electron chi connectivity index (χ3n) is 3.19. The molecule has 0 bridgehead atoms. The first-order valence-electron chi connectivity index (χ1n) is 6.08. The van der Waals surface area contributed by atoms with Crippen molar-refractivity contribution in [2.75, 3.05) is 13.1 Å². The molecule has 0 radical (unpaired) electrons. The summed E-state index contributed by atoms with van der Waals surface area (Å²) in [6, 6.07) is 7.45. The molecule has 96 valence electrons. The lowest BCUT2D eigenvalue weighted by atomic mass is 10.0. The highest BCUT2D eigenvalue weighted by Gasteiger charge is 2.26. The number of benzene rings is 1. The zero-order valence-electron chi connectivity index (χ0n) is 10.3. The molecule has 1 fully saturated rings. The second-order valence-corrected chi connectivity index (χ2v) is 4.40. The number of halogens is 1. The Morgan fingerprint density at radius 2 is 2.22 bits per heavy atom. The van der Waals surface area contributed by atoms with E-state index in [4.69, 9.17) is 5.73 Å². The quantitative estimate of drug-likeness (QED) is 0.812. The average molecular weight is 247 g/mol. The van der Waals surface area contributed by atoms with Gasteiger partial charge >= 0.3 is 0 Å². The van der Waals surface area contributed by atoms with Gasteiger partial charge in [0.05, 0.1) is 11.7 Å². The molecule has 1 saturated heterocycles. The largest absolute Gasteiger partial charge is 0.366 e. The Bertz CT molecular complexity index is 439. The lowest BCUT2D eigenvalue weighted by Gasteiger charge is -2.41. The number of likely N-dealkylation sites (tertiary alicyclic amines) is 1. The van der Waals surface area contributed by atoms with Crippen molar-refractivity contribution in [3.05, 3.63) is 42.1 Å². The van der Waals surface area contributed by atoms with E-state index in [1.54, 1.807) is 12.1 Å². The van der Waals surface area contributed by atoms with Crippen LogP contribution in [0.15, 0.2) is 41.5 Å². The van der Waals surface area contributed by atoms with E-state index in [9.17, 15) is 4.39 Å². The van der Waals surface area contributed by atoms with Gasteiger partial charge in [-0.15, -0.1) is 0 Å². The van der Waals surface area contributed by atoms with Gasteiger partial charge in [-0.2, -0.15) is 0 Å². The molecule has 3 nitrogen and oxygen atoms in total. The van der Waals surface area contributed by atoms with Crippen molar-refractivity contribution < 1.29 is 4.39 Å². The number of hydrogen-bond donors (Lipinski definition) is 1. The van der Waals surface area contributed by atoms with Gasteiger partial charge in [-0.1, -0.05) is 18.7 Å². The fraction of sp³-hybridized carbons (Fsp3) is 0.357. The van der Waals surface area contributed by atoms with Crippen LogP contribution in [0.2, 0.25) is 0 Å². The summed E-state index contributed by atoms with van der Waals surface area (Å²) in [7, 11) is 0. The van der Waals surface area contributed by atoms with Gasteiger partial charge in [-0.3, -0.25) is 4.99 Å². The second-order valence-electron chi connectivity index (χ2n) is 4.40. The predicted octanol–water partition coefficient (Wildman–Crippen LogP) is 2.41. The lowest BCUT2D eigenvalue weighted by Crippen LogP contribution is -2.48. The summed E-state index contributed by atoms with van der Waals surface area (Å²) in [5.41, 5.74) is 8.03. The van der Waals surface area contributed by atoms with E-state index in [1.165, 1.54) is 0 Å². The van der Waals surface area contributed by atoms with E-state index < -0.39 is 6.67 Å². The van der Waals surface area contributed by atoms with Crippen molar-refractivity contribution in [3.63, 3.8) is 0 Å². The van der Waals surface area contributed by atoms with Crippen LogP contribution in [0.5, 0.6) is 0 Å². The first kappa shape index (κ1) is 12.8. The van der Waals surface area contributed by atoms with Gasteiger partial charge in [-0.25, -0.2) is 4.39 Å². The Hall–Kier alpha value is -1.68. The minimum absolute atomic E-state index is 0.293. The van der Waals surface area contributed by atoms with Crippen LogP contribution < -0.4 is 5.73 Å². The van der Waals surface area contributed by atoms with Crippen LogP contribution in [-0.2, 0) is 6.67 Å². The van der Waals surface area contributed by atoms with Crippen LogP contribution in [0.25, 0.3) is 0 Å². The minimum atomic E-state index is -0.434. The van der Waals surface area contributed by atoms with E-state index >= 15 is 0 Å². The Kier molecular flexibility index (Phi) is 4.10. The maximum absolute atomic E-state index is 12.3. The molecule has 0 saturated carbocycles. The van der Waals surface area contributed by atoms with Gasteiger partial charge in [0.2, 0.25) is 0 Å². The monoisotopic (exact) mass is 247 g/mol. The van der Waals surface area contributed by atoms with Gasteiger partial charge in [-0.05, 0) is 24.1 Å². The van der Waals surface area contributed by atoms with Crippen molar-refractivity contribution in [2.45, 2.75) is 19.1 Å². The predicted molar refractivity (Wildman–Crippen MR) is 72.7 cm³/mol. The fourth-order valence-corrected chi connectivity index (χ4v) is 1.92. The van der Waals surface area contributed by atoms with Crippen molar-refractivity contribution in [3.8, 4) is 0 Å². The molecule has 0 spiro atoms. The molecule has 1 aromatic rings. The van der Waals surface area contributed by atoms with Crippen LogP contribution in [0.3, 0.4) is 0 Å². The number of alkyl halides is 1. The fourth-order valence-electron chi connectivity index (χ4n) is 1.92. The molecule has 4 heteroatoms. The third-order valence-corrected chi connectivity index (χ3v) is 3.19. The smallest absolute Gasteiger partial charge is 0.115 e. The van der Waals surface area contributed by atoms with Gasteiger partial charge < -0.3 is 10.6 Å². The summed E-state index contributed by atoms with van der Waals surface area (Å²) >= 11 is 0. The first-order chi connectivity index (χ1) is 8.74. The summed E-state index contributed by atoms with van der Waals surface area (Å²) < 4.78 is 12.3. The Balaban J connectivity index is 1.96. The van der Waals surface area contributed by atoms with E-state index in [0.717, 1.165) is 24.4 Å². The Labute approximate surface area is 107 Å². The molecular formula is C14H18FN3. The SMILES string of the molecule is C=C(CN)N1CCC1/C=N/c1ccc(CF)cc1. The zero-order valence-corrected chi connectivity index (χ0v) is 10.3. The van der Waals surface area contributed by atoms with Gasteiger partial charge in [0.1, 0.15) is 6.67 Å². The van der Waals surface area contributed by atoms with E-state index in [0.29, 0.717) is 18.2 Å². The maximum atomic E-state index is 12.3. The average Bonchev–Trinajstić information content (AvgIpc) is 2.38. The van der Waals surface area contributed by atoms with Crippen molar-refractivity contribution in [1.29, 1.82) is 0 Å². The molecule has 1 heterocycles. The summed E-state index contributed by atoms with van der Waals surface area (Å²) in [6.45, 7) is 4.96. The van der Waals surface area contributed by atoms with E-state index in [1.807, 2.05) is 18.3 Å². The third kappa shape index (κ3) is 2.76. The number of nitrogens with zero attached hydrogens (tertiary/aromatic N) is 2. The maximum Gasteiger partial charge on any atom is 0.115 e. The lowest BCUT2D eigenvalue weighted by molar-refractivity contribution is 0.193. The second kappa shape index (κ2) is 5.78. The molecule has 18 heavy (non-hydrogen) atoms. The summed E-state index contributed by atoms with van der Waals surface area (Å²) in [6.07, 6.45) is 2.99. The van der Waals surface area contributed by atoms with Crippen LogP contribution in [0, 0.1) is 0 Å². The van der Waals surface area contributed by atoms with Crippen molar-refractivity contribution >= 4 is 11.9 Å².